The van der Waals surface area contributed by atoms with E-state index in [1.165, 1.54) is 24.3 Å². The summed E-state index contributed by atoms with van der Waals surface area (Å²) in [5, 5.41) is 19.0. The van der Waals surface area contributed by atoms with Crippen LogP contribution in [0.4, 0.5) is 5.69 Å². The predicted molar refractivity (Wildman–Crippen MR) is 77.4 cm³/mol. The van der Waals surface area contributed by atoms with Gasteiger partial charge in [-0.05, 0) is 31.2 Å². The summed E-state index contributed by atoms with van der Waals surface area (Å²) in [6.45, 7) is 1.79. The number of anilines is 1. The van der Waals surface area contributed by atoms with Crippen molar-refractivity contribution >= 4 is 23.5 Å². The van der Waals surface area contributed by atoms with Crippen molar-refractivity contribution in [3.8, 4) is 5.75 Å². The van der Waals surface area contributed by atoms with Crippen molar-refractivity contribution in [1.29, 1.82) is 0 Å². The number of carbonyl (C=O) groups excluding carboxylic acids is 2. The molecule has 2 amide bonds. The summed E-state index contributed by atoms with van der Waals surface area (Å²) < 4.78 is 0. The first-order chi connectivity index (χ1) is 10.4. The first kappa shape index (κ1) is 13.8. The average molecular weight is 297 g/mol. The Morgan fingerprint density at radius 1 is 1.05 bits per heavy atom. The molecule has 22 heavy (non-hydrogen) atoms. The zero-order valence-electron chi connectivity index (χ0n) is 11.5. The Labute approximate surface area is 125 Å². The summed E-state index contributed by atoms with van der Waals surface area (Å²) in [7, 11) is 0. The Morgan fingerprint density at radius 2 is 1.73 bits per heavy atom. The quantitative estimate of drug-likeness (QED) is 0.829. The fourth-order valence-corrected chi connectivity index (χ4v) is 2.51. The van der Waals surface area contributed by atoms with Gasteiger partial charge < -0.3 is 10.2 Å². The van der Waals surface area contributed by atoms with Crippen molar-refractivity contribution in [3.63, 3.8) is 0 Å². The molecule has 3 rings (SSSR count). The molecule has 2 aromatic rings. The standard InChI is InChI=1S/C16H11NO5/c1-8-5-6-9-10(7-8)15(20)17(14(9)19)11-3-2-4-12(18)13(11)16(21)22/h2-7,18H,1H3,(H,21,22). The summed E-state index contributed by atoms with van der Waals surface area (Å²) >= 11 is 0. The zero-order chi connectivity index (χ0) is 16.0. The minimum atomic E-state index is -1.42. The van der Waals surface area contributed by atoms with Gasteiger partial charge in [-0.2, -0.15) is 0 Å². The van der Waals surface area contributed by atoms with E-state index >= 15 is 0 Å². The average Bonchev–Trinajstić information content (AvgIpc) is 2.69. The number of carboxylic acids is 1. The van der Waals surface area contributed by atoms with Crippen LogP contribution < -0.4 is 4.90 Å². The fraction of sp³-hybridized carbons (Fsp3) is 0.0625. The lowest BCUT2D eigenvalue weighted by Crippen LogP contribution is -2.31. The molecule has 1 aliphatic rings. The monoisotopic (exact) mass is 297 g/mol. The molecule has 0 spiro atoms. The summed E-state index contributed by atoms with van der Waals surface area (Å²) in [4.78, 5) is 37.0. The van der Waals surface area contributed by atoms with Crippen LogP contribution >= 0.6 is 0 Å². The van der Waals surface area contributed by atoms with Gasteiger partial charge >= 0.3 is 5.97 Å². The smallest absolute Gasteiger partial charge is 0.341 e. The van der Waals surface area contributed by atoms with Gasteiger partial charge in [-0.25, -0.2) is 9.69 Å². The van der Waals surface area contributed by atoms with E-state index in [2.05, 4.69) is 0 Å². The van der Waals surface area contributed by atoms with Gasteiger partial charge in [0.05, 0.1) is 16.8 Å². The highest BCUT2D eigenvalue weighted by atomic mass is 16.4. The summed E-state index contributed by atoms with van der Waals surface area (Å²) in [6.07, 6.45) is 0. The van der Waals surface area contributed by atoms with Crippen molar-refractivity contribution in [1.82, 2.24) is 0 Å². The van der Waals surface area contributed by atoms with E-state index in [4.69, 9.17) is 0 Å². The van der Waals surface area contributed by atoms with Crippen LogP contribution in [0.15, 0.2) is 36.4 Å². The van der Waals surface area contributed by atoms with Gasteiger partial charge in [-0.1, -0.05) is 17.7 Å². The number of carbonyl (C=O) groups is 3. The number of aryl methyl sites for hydroxylation is 1. The van der Waals surface area contributed by atoms with E-state index in [0.717, 1.165) is 10.5 Å². The lowest BCUT2D eigenvalue weighted by atomic mass is 10.1. The van der Waals surface area contributed by atoms with Crippen LogP contribution in [-0.4, -0.2) is 28.0 Å². The van der Waals surface area contributed by atoms with E-state index < -0.39 is 29.1 Å². The van der Waals surface area contributed by atoms with Gasteiger partial charge in [-0.15, -0.1) is 0 Å². The number of imide groups is 1. The highest BCUT2D eigenvalue weighted by Gasteiger charge is 2.39. The van der Waals surface area contributed by atoms with Crippen molar-refractivity contribution in [2.75, 3.05) is 4.90 Å². The number of amides is 2. The normalized spacial score (nSPS) is 13.4. The molecule has 0 aliphatic carbocycles. The molecule has 6 nitrogen and oxygen atoms in total. The molecule has 6 heteroatoms. The summed E-state index contributed by atoms with van der Waals surface area (Å²) in [5.41, 5.74) is 0.640. The van der Waals surface area contributed by atoms with Crippen LogP contribution in [0.1, 0.15) is 36.6 Å². The van der Waals surface area contributed by atoms with E-state index in [9.17, 15) is 24.6 Å². The minimum absolute atomic E-state index is 0.142. The predicted octanol–water partition coefficient (Wildman–Crippen LogP) is 2.20. The molecule has 2 N–H and O–H groups in total. The topological polar surface area (TPSA) is 94.9 Å². The summed E-state index contributed by atoms with van der Waals surface area (Å²) in [6, 6.07) is 8.71. The number of aromatic carboxylic acids is 1. The van der Waals surface area contributed by atoms with Gasteiger partial charge in [0.1, 0.15) is 11.3 Å². The number of carboxylic acid groups (broad SMARTS) is 1. The Morgan fingerprint density at radius 3 is 2.41 bits per heavy atom. The lowest BCUT2D eigenvalue weighted by Gasteiger charge is -2.16. The number of phenols is 1. The Kier molecular flexibility index (Phi) is 2.95. The maximum Gasteiger partial charge on any atom is 0.341 e. The second-order valence-corrected chi connectivity index (χ2v) is 4.97. The molecular weight excluding hydrogens is 286 g/mol. The Bertz CT molecular complexity index is 840. The van der Waals surface area contributed by atoms with Gasteiger partial charge in [0.25, 0.3) is 11.8 Å². The van der Waals surface area contributed by atoms with Gasteiger partial charge in [-0.3, -0.25) is 9.59 Å². The van der Waals surface area contributed by atoms with Crippen LogP contribution in [-0.2, 0) is 0 Å². The van der Waals surface area contributed by atoms with Gasteiger partial charge in [0.15, 0.2) is 0 Å². The van der Waals surface area contributed by atoms with Crippen LogP contribution in [0, 0.1) is 6.92 Å². The van der Waals surface area contributed by atoms with Crippen LogP contribution in [0.25, 0.3) is 0 Å². The van der Waals surface area contributed by atoms with Gasteiger partial charge in [0.2, 0.25) is 0 Å². The maximum atomic E-state index is 12.5. The molecule has 1 aliphatic heterocycles. The van der Waals surface area contributed by atoms with E-state index in [0.29, 0.717) is 0 Å². The molecule has 0 saturated heterocycles. The van der Waals surface area contributed by atoms with E-state index in [-0.39, 0.29) is 16.8 Å². The number of benzene rings is 2. The number of nitrogens with zero attached hydrogens (tertiary/aromatic N) is 1. The molecule has 0 unspecified atom stereocenters. The molecule has 0 radical (unpaired) electrons. The minimum Gasteiger partial charge on any atom is -0.507 e. The molecule has 0 aromatic heterocycles. The zero-order valence-corrected chi connectivity index (χ0v) is 11.5. The molecule has 0 fully saturated rings. The first-order valence-electron chi connectivity index (χ1n) is 6.46. The van der Waals surface area contributed by atoms with Crippen LogP contribution in [0.5, 0.6) is 5.75 Å². The van der Waals surface area contributed by atoms with E-state index in [1.807, 2.05) is 0 Å². The number of hydrogen-bond acceptors (Lipinski definition) is 4. The van der Waals surface area contributed by atoms with E-state index in [1.54, 1.807) is 19.1 Å². The Hall–Kier alpha value is -3.15. The molecule has 2 aromatic carbocycles. The largest absolute Gasteiger partial charge is 0.507 e. The first-order valence-corrected chi connectivity index (χ1v) is 6.46. The highest BCUT2D eigenvalue weighted by molar-refractivity contribution is 6.35. The second-order valence-electron chi connectivity index (χ2n) is 4.97. The molecular formula is C16H11NO5. The van der Waals surface area contributed by atoms with Crippen molar-refractivity contribution in [2.45, 2.75) is 6.92 Å². The molecule has 0 saturated carbocycles. The third-order valence-corrected chi connectivity index (χ3v) is 3.52. The Balaban J connectivity index is 2.20. The lowest BCUT2D eigenvalue weighted by molar-refractivity contribution is 0.0695. The number of hydrogen-bond donors (Lipinski definition) is 2. The highest BCUT2D eigenvalue weighted by Crippen LogP contribution is 2.34. The maximum absolute atomic E-state index is 12.5. The second kappa shape index (κ2) is 4.70. The molecule has 1 heterocycles. The number of aromatic hydroxyl groups is 1. The van der Waals surface area contributed by atoms with Gasteiger partial charge in [0, 0.05) is 0 Å². The van der Waals surface area contributed by atoms with Crippen LogP contribution in [0.3, 0.4) is 0 Å². The molecule has 0 bridgehead atoms. The molecule has 0 atom stereocenters. The van der Waals surface area contributed by atoms with Crippen molar-refractivity contribution in [2.24, 2.45) is 0 Å². The molecule has 110 valence electrons. The van der Waals surface area contributed by atoms with Crippen LogP contribution in [0.2, 0.25) is 0 Å². The summed E-state index contributed by atoms with van der Waals surface area (Å²) in [5.74, 6) is -3.12. The number of fused-ring (bicyclic) bond motifs is 1. The fourth-order valence-electron chi connectivity index (χ4n) is 2.51. The number of rotatable bonds is 2. The van der Waals surface area contributed by atoms with Crippen molar-refractivity contribution in [3.05, 3.63) is 58.7 Å². The SMILES string of the molecule is Cc1ccc2c(c1)C(=O)N(c1cccc(O)c1C(=O)O)C2=O. The third-order valence-electron chi connectivity index (χ3n) is 3.52. The van der Waals surface area contributed by atoms with Crippen molar-refractivity contribution < 1.29 is 24.6 Å². The third kappa shape index (κ3) is 1.85.